The summed E-state index contributed by atoms with van der Waals surface area (Å²) >= 11 is 0. The van der Waals surface area contributed by atoms with E-state index in [9.17, 15) is 0 Å². The number of nitrogens with zero attached hydrogens (tertiary/aromatic N) is 4. The monoisotopic (exact) mass is 138 g/mol. The van der Waals surface area contributed by atoms with E-state index in [1.807, 2.05) is 25.0 Å². The van der Waals surface area contributed by atoms with Crippen LogP contribution in [0.25, 0.3) is 0 Å². The van der Waals surface area contributed by atoms with E-state index >= 15 is 0 Å². The molecule has 1 atom stereocenters. The third kappa shape index (κ3) is 0.903. The van der Waals surface area contributed by atoms with Crippen LogP contribution in [0.2, 0.25) is 0 Å². The Morgan fingerprint density at radius 3 is 2.80 bits per heavy atom. The molecule has 0 spiro atoms. The van der Waals surface area contributed by atoms with Crippen LogP contribution in [0, 0.1) is 11.5 Å². The first-order valence-corrected chi connectivity index (χ1v) is 3.28. The molecule has 0 saturated carbocycles. The van der Waals surface area contributed by atoms with Crippen molar-refractivity contribution in [1.82, 2.24) is 9.91 Å². The van der Waals surface area contributed by atoms with Gasteiger partial charge in [0.2, 0.25) is 0 Å². The molecule has 0 aromatic rings. The Labute approximate surface area is 60.3 Å². The normalized spacial score (nSPS) is 23.5. The molecule has 1 unspecified atom stereocenters. The van der Waals surface area contributed by atoms with Gasteiger partial charge in [0.1, 0.15) is 12.5 Å². The zero-order valence-corrected chi connectivity index (χ0v) is 6.15. The number of hydrazone groups is 1. The number of nitriles is 1. The number of hydrogen-bond acceptors (Lipinski definition) is 4. The highest BCUT2D eigenvalue weighted by Crippen LogP contribution is 2.08. The molecule has 0 aromatic carbocycles. The van der Waals surface area contributed by atoms with E-state index < -0.39 is 0 Å². The minimum Gasteiger partial charge on any atom is -0.273 e. The lowest BCUT2D eigenvalue weighted by Crippen LogP contribution is -2.33. The van der Waals surface area contributed by atoms with Crippen molar-refractivity contribution in [2.45, 2.75) is 20.0 Å². The van der Waals surface area contributed by atoms with Gasteiger partial charge in [-0.25, -0.2) is 4.90 Å². The molecular formula is C6H10N4. The molecule has 1 rings (SSSR count). The maximum absolute atomic E-state index is 8.51. The molecule has 0 saturated heterocycles. The topological polar surface area (TPSA) is 42.6 Å². The molecular weight excluding hydrogens is 128 g/mol. The van der Waals surface area contributed by atoms with Crippen LogP contribution in [-0.4, -0.2) is 29.0 Å². The van der Waals surface area contributed by atoms with Gasteiger partial charge in [-0.15, -0.1) is 0 Å². The fourth-order valence-electron chi connectivity index (χ4n) is 0.914. The summed E-state index contributed by atoms with van der Waals surface area (Å²) in [5, 5.41) is 14.4. The SMILES string of the molecule is CCN1N=CN(C#N)C1C. The molecule has 1 aliphatic rings. The zero-order valence-electron chi connectivity index (χ0n) is 6.15. The first kappa shape index (κ1) is 6.87. The Morgan fingerprint density at radius 2 is 2.50 bits per heavy atom. The Balaban J connectivity index is 2.60. The highest BCUT2D eigenvalue weighted by molar-refractivity contribution is 5.59. The van der Waals surface area contributed by atoms with Gasteiger partial charge in [0.15, 0.2) is 6.19 Å². The van der Waals surface area contributed by atoms with Crippen LogP contribution >= 0.6 is 0 Å². The van der Waals surface area contributed by atoms with Crippen LogP contribution in [0.15, 0.2) is 5.10 Å². The molecule has 1 aliphatic heterocycles. The van der Waals surface area contributed by atoms with Gasteiger partial charge in [-0.3, -0.25) is 5.01 Å². The van der Waals surface area contributed by atoms with Crippen LogP contribution in [0.3, 0.4) is 0 Å². The molecule has 4 heteroatoms. The molecule has 4 nitrogen and oxygen atoms in total. The molecule has 10 heavy (non-hydrogen) atoms. The molecule has 0 aromatic heterocycles. The Morgan fingerprint density at radius 1 is 1.80 bits per heavy atom. The predicted molar refractivity (Wildman–Crippen MR) is 37.8 cm³/mol. The van der Waals surface area contributed by atoms with E-state index in [4.69, 9.17) is 5.26 Å². The predicted octanol–water partition coefficient (Wildman–Crippen LogP) is 0.394. The second kappa shape index (κ2) is 2.56. The standard InChI is InChI=1S/C6H10N4/c1-3-10-6(2)9(4-7)5-8-10/h5-6H,3H2,1-2H3. The molecule has 1 heterocycles. The summed E-state index contributed by atoms with van der Waals surface area (Å²) in [6, 6.07) is 0. The quantitative estimate of drug-likeness (QED) is 0.492. The second-order valence-electron chi connectivity index (χ2n) is 2.13. The fraction of sp³-hybridized carbons (Fsp3) is 0.667. The van der Waals surface area contributed by atoms with Gasteiger partial charge in [0.25, 0.3) is 0 Å². The van der Waals surface area contributed by atoms with Crippen LogP contribution in [0.1, 0.15) is 13.8 Å². The Kier molecular flexibility index (Phi) is 1.76. The van der Waals surface area contributed by atoms with Crippen LogP contribution in [-0.2, 0) is 0 Å². The highest BCUT2D eigenvalue weighted by Gasteiger charge is 2.20. The van der Waals surface area contributed by atoms with Crippen molar-refractivity contribution in [2.24, 2.45) is 5.10 Å². The average molecular weight is 138 g/mol. The summed E-state index contributed by atoms with van der Waals surface area (Å²) in [7, 11) is 0. The second-order valence-corrected chi connectivity index (χ2v) is 2.13. The summed E-state index contributed by atoms with van der Waals surface area (Å²) in [5.74, 6) is 0. The molecule has 0 aliphatic carbocycles. The van der Waals surface area contributed by atoms with Crippen molar-refractivity contribution < 1.29 is 0 Å². The first-order valence-electron chi connectivity index (χ1n) is 3.28. The molecule has 0 fully saturated rings. The highest BCUT2D eigenvalue weighted by atomic mass is 15.6. The van der Waals surface area contributed by atoms with Crippen molar-refractivity contribution in [3.63, 3.8) is 0 Å². The smallest absolute Gasteiger partial charge is 0.187 e. The third-order valence-corrected chi connectivity index (χ3v) is 1.60. The third-order valence-electron chi connectivity index (χ3n) is 1.60. The van der Waals surface area contributed by atoms with Gasteiger partial charge in [-0.2, -0.15) is 10.4 Å². The maximum atomic E-state index is 8.51. The van der Waals surface area contributed by atoms with Crippen LogP contribution in [0.5, 0.6) is 0 Å². The Hall–Kier alpha value is -1.24. The first-order chi connectivity index (χ1) is 4.79. The van der Waals surface area contributed by atoms with E-state index in [0.29, 0.717) is 0 Å². The summed E-state index contributed by atoms with van der Waals surface area (Å²) in [6.45, 7) is 4.80. The van der Waals surface area contributed by atoms with E-state index in [1.165, 1.54) is 4.90 Å². The maximum Gasteiger partial charge on any atom is 0.187 e. The van der Waals surface area contributed by atoms with Crippen molar-refractivity contribution in [3.8, 4) is 6.19 Å². The lowest BCUT2D eigenvalue weighted by molar-refractivity contribution is 0.188. The summed E-state index contributed by atoms with van der Waals surface area (Å²) < 4.78 is 0. The van der Waals surface area contributed by atoms with Gasteiger partial charge < -0.3 is 0 Å². The van der Waals surface area contributed by atoms with Gasteiger partial charge in [-0.05, 0) is 13.8 Å². The summed E-state index contributed by atoms with van der Waals surface area (Å²) in [6.07, 6.45) is 3.66. The molecule has 0 radical (unpaired) electrons. The summed E-state index contributed by atoms with van der Waals surface area (Å²) in [4.78, 5) is 1.52. The van der Waals surface area contributed by atoms with E-state index in [2.05, 4.69) is 5.10 Å². The largest absolute Gasteiger partial charge is 0.273 e. The van der Waals surface area contributed by atoms with Crippen molar-refractivity contribution in [1.29, 1.82) is 5.26 Å². The lowest BCUT2D eigenvalue weighted by Gasteiger charge is -2.20. The van der Waals surface area contributed by atoms with Crippen LogP contribution in [0.4, 0.5) is 0 Å². The van der Waals surface area contributed by atoms with Crippen molar-refractivity contribution in [2.75, 3.05) is 6.54 Å². The average Bonchev–Trinajstić information content (AvgIpc) is 2.30. The van der Waals surface area contributed by atoms with Gasteiger partial charge in [0, 0.05) is 6.54 Å². The summed E-state index contributed by atoms with van der Waals surface area (Å²) in [5.41, 5.74) is 0. The van der Waals surface area contributed by atoms with E-state index in [0.717, 1.165) is 6.54 Å². The molecule has 54 valence electrons. The van der Waals surface area contributed by atoms with Gasteiger partial charge in [0.05, 0.1) is 0 Å². The van der Waals surface area contributed by atoms with Crippen molar-refractivity contribution in [3.05, 3.63) is 0 Å². The lowest BCUT2D eigenvalue weighted by atomic mass is 10.5. The fourth-order valence-corrected chi connectivity index (χ4v) is 0.914. The minimum absolute atomic E-state index is 0.0926. The number of rotatable bonds is 1. The molecule has 0 N–H and O–H groups in total. The van der Waals surface area contributed by atoms with E-state index in [-0.39, 0.29) is 6.17 Å². The van der Waals surface area contributed by atoms with E-state index in [1.54, 1.807) is 6.34 Å². The zero-order chi connectivity index (χ0) is 7.56. The van der Waals surface area contributed by atoms with Gasteiger partial charge in [-0.1, -0.05) is 0 Å². The van der Waals surface area contributed by atoms with Crippen molar-refractivity contribution >= 4 is 6.34 Å². The van der Waals surface area contributed by atoms with Crippen LogP contribution < -0.4 is 0 Å². The molecule has 0 bridgehead atoms. The minimum atomic E-state index is 0.0926. The molecule has 0 amide bonds. The van der Waals surface area contributed by atoms with Gasteiger partial charge >= 0.3 is 0 Å². The Bertz CT molecular complexity index is 181. The number of hydrogen-bond donors (Lipinski definition) is 0.